The van der Waals surface area contributed by atoms with Gasteiger partial charge in [0, 0.05) is 25.1 Å². The van der Waals surface area contributed by atoms with E-state index in [4.69, 9.17) is 9.47 Å². The molecule has 0 rings (SSSR count). The largest absolute Gasteiger partial charge is 0.476 e. The van der Waals surface area contributed by atoms with E-state index in [2.05, 4.69) is 19.7 Å². The zero-order valence-electron chi connectivity index (χ0n) is 14.8. The van der Waals surface area contributed by atoms with E-state index < -0.39 is 12.1 Å². The van der Waals surface area contributed by atoms with Crippen LogP contribution in [0.15, 0.2) is 36.8 Å². The zero-order valence-corrected chi connectivity index (χ0v) is 14.8. The monoisotopic (exact) mass is 323 g/mol. The number of carbonyl (C=O) groups excluding carboxylic acids is 2. The van der Waals surface area contributed by atoms with Crippen LogP contribution in [0.4, 0.5) is 0 Å². The van der Waals surface area contributed by atoms with Crippen molar-refractivity contribution in [2.45, 2.75) is 46.6 Å². The molecule has 0 N–H and O–H groups in total. The Balaban J connectivity index is 4.68. The summed E-state index contributed by atoms with van der Waals surface area (Å²) in [4.78, 5) is 25.3. The van der Waals surface area contributed by atoms with E-state index in [9.17, 15) is 9.59 Å². The minimum absolute atomic E-state index is 0.0519. The molecule has 0 aromatic rings. The molecular formula is C18H29NO4. The van der Waals surface area contributed by atoms with Gasteiger partial charge in [-0.25, -0.2) is 4.79 Å². The van der Waals surface area contributed by atoms with Crippen molar-refractivity contribution in [2.75, 3.05) is 19.7 Å². The molecule has 0 amide bonds. The summed E-state index contributed by atoms with van der Waals surface area (Å²) in [5.74, 6) is -0.0172. The molecule has 0 aliphatic heterocycles. The number of ether oxygens (including phenoxy) is 2. The Morgan fingerprint density at radius 1 is 1.04 bits per heavy atom. The van der Waals surface area contributed by atoms with Crippen molar-refractivity contribution in [3.05, 3.63) is 36.8 Å². The maximum absolute atomic E-state index is 11.7. The van der Waals surface area contributed by atoms with Crippen molar-refractivity contribution < 1.29 is 19.1 Å². The molecule has 0 aliphatic rings. The van der Waals surface area contributed by atoms with Gasteiger partial charge in [0.25, 0.3) is 0 Å². The first-order valence-corrected chi connectivity index (χ1v) is 7.84. The number of esters is 1. The number of hydrogen-bond donors (Lipinski definition) is 0. The summed E-state index contributed by atoms with van der Waals surface area (Å²) in [7, 11) is 0. The predicted molar refractivity (Wildman–Crippen MR) is 91.8 cm³/mol. The molecule has 0 bridgehead atoms. The summed E-state index contributed by atoms with van der Waals surface area (Å²) in [5.41, 5.74) is 0.798. The lowest BCUT2D eigenvalue weighted by Gasteiger charge is -2.25. The number of allylic oxidation sites excluding steroid dienone is 1. The number of carbonyl (C=O) groups is 2. The van der Waals surface area contributed by atoms with Gasteiger partial charge in [-0.3, -0.25) is 4.79 Å². The Kier molecular flexibility index (Phi) is 9.70. The third-order valence-corrected chi connectivity index (χ3v) is 3.34. The normalized spacial score (nSPS) is 11.3. The molecule has 0 aromatic carbocycles. The third-order valence-electron chi connectivity index (χ3n) is 3.34. The second-order valence-electron chi connectivity index (χ2n) is 5.43. The highest BCUT2D eigenvalue weighted by Gasteiger charge is 2.19. The highest BCUT2D eigenvalue weighted by Crippen LogP contribution is 2.12. The van der Waals surface area contributed by atoms with E-state index in [1.54, 1.807) is 13.8 Å². The van der Waals surface area contributed by atoms with Gasteiger partial charge in [0.1, 0.15) is 12.7 Å². The third kappa shape index (κ3) is 8.24. The van der Waals surface area contributed by atoms with Crippen molar-refractivity contribution >= 4 is 11.8 Å². The predicted octanol–water partition coefficient (Wildman–Crippen LogP) is 3.23. The van der Waals surface area contributed by atoms with Crippen LogP contribution in [0.25, 0.3) is 0 Å². The summed E-state index contributed by atoms with van der Waals surface area (Å²) >= 11 is 0. The van der Waals surface area contributed by atoms with Crippen LogP contribution in [0.2, 0.25) is 0 Å². The lowest BCUT2D eigenvalue weighted by Crippen LogP contribution is -2.29. The number of ketones is 1. The van der Waals surface area contributed by atoms with Gasteiger partial charge in [0.2, 0.25) is 0 Å². The standard InChI is InChI=1S/C18H29NO4/c1-8-19(9-2)15(7)22-12-16(23-18(21)14(5)6)10-11-17(20)13(3)4/h16H,3,5,7-12H2,1-2,4,6H3. The molecule has 0 fully saturated rings. The second kappa shape index (κ2) is 10.6. The first-order valence-electron chi connectivity index (χ1n) is 7.84. The molecular weight excluding hydrogens is 294 g/mol. The summed E-state index contributed by atoms with van der Waals surface area (Å²) in [6.45, 7) is 20.0. The average molecular weight is 323 g/mol. The number of rotatable bonds is 12. The smallest absolute Gasteiger partial charge is 0.333 e. The summed E-state index contributed by atoms with van der Waals surface area (Å²) in [6, 6.07) is 0. The van der Waals surface area contributed by atoms with Gasteiger partial charge in [0.15, 0.2) is 11.7 Å². The van der Waals surface area contributed by atoms with Crippen LogP contribution in [0.5, 0.6) is 0 Å². The number of hydrogen-bond acceptors (Lipinski definition) is 5. The van der Waals surface area contributed by atoms with E-state index in [1.807, 2.05) is 18.7 Å². The molecule has 5 heteroatoms. The van der Waals surface area contributed by atoms with Gasteiger partial charge < -0.3 is 14.4 Å². The van der Waals surface area contributed by atoms with Crippen molar-refractivity contribution in [3.63, 3.8) is 0 Å². The van der Waals surface area contributed by atoms with Crippen LogP contribution in [-0.4, -0.2) is 42.5 Å². The van der Waals surface area contributed by atoms with Crippen LogP contribution >= 0.6 is 0 Å². The van der Waals surface area contributed by atoms with Gasteiger partial charge in [-0.1, -0.05) is 13.2 Å². The molecule has 1 unspecified atom stereocenters. The zero-order chi connectivity index (χ0) is 18.0. The van der Waals surface area contributed by atoms with Crippen molar-refractivity contribution in [1.29, 1.82) is 0 Å². The molecule has 0 spiro atoms. The lowest BCUT2D eigenvalue weighted by molar-refractivity contribution is -0.147. The van der Waals surface area contributed by atoms with Crippen LogP contribution in [0.1, 0.15) is 40.5 Å². The Morgan fingerprint density at radius 2 is 1.61 bits per heavy atom. The van der Waals surface area contributed by atoms with Crippen molar-refractivity contribution in [1.82, 2.24) is 4.90 Å². The van der Waals surface area contributed by atoms with E-state index in [0.29, 0.717) is 23.5 Å². The van der Waals surface area contributed by atoms with Crippen LogP contribution < -0.4 is 0 Å². The quantitative estimate of drug-likeness (QED) is 0.313. The molecule has 0 aromatic heterocycles. The van der Waals surface area contributed by atoms with Crippen LogP contribution in [-0.2, 0) is 19.1 Å². The Labute approximate surface area is 139 Å². The average Bonchev–Trinajstić information content (AvgIpc) is 2.50. The Hall–Kier alpha value is -2.04. The van der Waals surface area contributed by atoms with Crippen molar-refractivity contribution in [3.8, 4) is 0 Å². The van der Waals surface area contributed by atoms with E-state index in [1.165, 1.54) is 0 Å². The minimum Gasteiger partial charge on any atom is -0.476 e. The van der Waals surface area contributed by atoms with Crippen LogP contribution in [0.3, 0.4) is 0 Å². The van der Waals surface area contributed by atoms with Crippen molar-refractivity contribution in [2.24, 2.45) is 0 Å². The fraction of sp³-hybridized carbons (Fsp3) is 0.556. The van der Waals surface area contributed by atoms with Gasteiger partial charge in [-0.15, -0.1) is 0 Å². The van der Waals surface area contributed by atoms with Gasteiger partial charge in [-0.2, -0.15) is 0 Å². The second-order valence-corrected chi connectivity index (χ2v) is 5.43. The lowest BCUT2D eigenvalue weighted by atomic mass is 10.1. The van der Waals surface area contributed by atoms with Gasteiger partial charge in [-0.05, 0) is 46.3 Å². The van der Waals surface area contributed by atoms with Gasteiger partial charge in [0.05, 0.1) is 0 Å². The highest BCUT2D eigenvalue weighted by atomic mass is 16.6. The first kappa shape index (κ1) is 21.0. The van der Waals surface area contributed by atoms with Crippen LogP contribution in [0, 0.1) is 0 Å². The maximum Gasteiger partial charge on any atom is 0.333 e. The molecule has 0 saturated heterocycles. The fourth-order valence-electron chi connectivity index (χ4n) is 1.79. The topological polar surface area (TPSA) is 55.8 Å². The summed E-state index contributed by atoms with van der Waals surface area (Å²) < 4.78 is 10.9. The summed E-state index contributed by atoms with van der Waals surface area (Å²) in [6.07, 6.45) is 0.0932. The maximum atomic E-state index is 11.7. The number of nitrogens with zero attached hydrogens (tertiary/aromatic N) is 1. The molecule has 0 aliphatic carbocycles. The summed E-state index contributed by atoms with van der Waals surface area (Å²) in [5, 5.41) is 0. The molecule has 5 nitrogen and oxygen atoms in total. The molecule has 0 heterocycles. The van der Waals surface area contributed by atoms with E-state index >= 15 is 0 Å². The molecule has 1 atom stereocenters. The Bertz CT molecular complexity index is 464. The SMILES string of the molecule is C=C(C)C(=O)CCC(COC(=C)N(CC)CC)OC(=O)C(=C)C. The number of Topliss-reactive ketones (excluding diaryl/α,β-unsaturated/α-hetero) is 1. The molecule has 130 valence electrons. The highest BCUT2D eigenvalue weighted by molar-refractivity contribution is 5.94. The first-order chi connectivity index (χ1) is 10.7. The molecule has 0 radical (unpaired) electrons. The fourth-order valence-corrected chi connectivity index (χ4v) is 1.79. The molecule has 0 saturated carbocycles. The molecule has 23 heavy (non-hydrogen) atoms. The van der Waals surface area contributed by atoms with E-state index in [-0.39, 0.29) is 18.8 Å². The van der Waals surface area contributed by atoms with E-state index in [0.717, 1.165) is 13.1 Å². The minimum atomic E-state index is -0.533. The van der Waals surface area contributed by atoms with Gasteiger partial charge >= 0.3 is 5.97 Å². The Morgan fingerprint density at radius 3 is 2.04 bits per heavy atom.